The maximum absolute atomic E-state index is 13.4. The SMILES string of the molecule is COC[C@@H]1CC1C(=O)N1CCN(c2nc(C3CC3)c(-c3cccc4cnccc34)cc2C#N)C[C@H]1C1CC1. The first kappa shape index (κ1) is 23.6. The van der Waals surface area contributed by atoms with Crippen molar-refractivity contribution < 1.29 is 9.53 Å². The maximum Gasteiger partial charge on any atom is 0.226 e. The fraction of sp³-hybridized carbons (Fsp3) is 0.484. The summed E-state index contributed by atoms with van der Waals surface area (Å²) >= 11 is 0. The van der Waals surface area contributed by atoms with Crippen LogP contribution >= 0.6 is 0 Å². The smallest absolute Gasteiger partial charge is 0.226 e. The molecule has 7 rings (SSSR count). The second-order valence-electron chi connectivity index (χ2n) is 11.5. The van der Waals surface area contributed by atoms with Gasteiger partial charge in [-0.2, -0.15) is 5.26 Å². The lowest BCUT2D eigenvalue weighted by Gasteiger charge is -2.43. The molecule has 1 aliphatic heterocycles. The highest BCUT2D eigenvalue weighted by Gasteiger charge is 2.49. The third kappa shape index (κ3) is 4.21. The van der Waals surface area contributed by atoms with Crippen molar-refractivity contribution in [2.24, 2.45) is 17.8 Å². The summed E-state index contributed by atoms with van der Waals surface area (Å²) in [5.41, 5.74) is 3.90. The average molecular weight is 508 g/mol. The zero-order chi connectivity index (χ0) is 25.8. The number of hydrogen-bond donors (Lipinski definition) is 0. The summed E-state index contributed by atoms with van der Waals surface area (Å²) in [6.07, 6.45) is 9.28. The lowest BCUT2D eigenvalue weighted by atomic mass is 9.95. The Bertz CT molecular complexity index is 1430. The minimum absolute atomic E-state index is 0.118. The monoisotopic (exact) mass is 507 g/mol. The molecule has 4 fully saturated rings. The van der Waals surface area contributed by atoms with Crippen LogP contribution in [0, 0.1) is 29.1 Å². The molecule has 0 radical (unpaired) electrons. The molecular weight excluding hydrogens is 474 g/mol. The van der Waals surface area contributed by atoms with Gasteiger partial charge in [-0.1, -0.05) is 18.2 Å². The van der Waals surface area contributed by atoms with Crippen molar-refractivity contribution in [2.45, 2.75) is 44.1 Å². The minimum Gasteiger partial charge on any atom is -0.384 e. The summed E-state index contributed by atoms with van der Waals surface area (Å²) in [7, 11) is 1.71. The van der Waals surface area contributed by atoms with Gasteiger partial charge in [-0.05, 0) is 67.0 Å². The van der Waals surface area contributed by atoms with Gasteiger partial charge in [0.25, 0.3) is 0 Å². The zero-order valence-corrected chi connectivity index (χ0v) is 21.8. The van der Waals surface area contributed by atoms with Gasteiger partial charge in [0.15, 0.2) is 0 Å². The number of nitrogens with zero attached hydrogens (tertiary/aromatic N) is 5. The number of carbonyl (C=O) groups is 1. The molecule has 4 aliphatic rings. The molecule has 1 saturated heterocycles. The van der Waals surface area contributed by atoms with Crippen LogP contribution in [0.4, 0.5) is 5.82 Å². The van der Waals surface area contributed by atoms with Crippen LogP contribution in [0.3, 0.4) is 0 Å². The average Bonchev–Trinajstić information content (AvgIpc) is 3.81. The van der Waals surface area contributed by atoms with Crippen LogP contribution in [0.5, 0.6) is 0 Å². The molecule has 7 nitrogen and oxygen atoms in total. The number of amides is 1. The summed E-state index contributed by atoms with van der Waals surface area (Å²) in [6.45, 7) is 2.83. The van der Waals surface area contributed by atoms with E-state index in [1.807, 2.05) is 12.4 Å². The van der Waals surface area contributed by atoms with E-state index in [0.29, 0.717) is 48.9 Å². The van der Waals surface area contributed by atoms with Crippen molar-refractivity contribution in [3.63, 3.8) is 0 Å². The Kier molecular flexibility index (Phi) is 5.81. The lowest BCUT2D eigenvalue weighted by molar-refractivity contribution is -0.136. The van der Waals surface area contributed by atoms with E-state index in [9.17, 15) is 10.1 Å². The van der Waals surface area contributed by atoms with Crippen molar-refractivity contribution in [3.05, 3.63) is 54.0 Å². The second-order valence-corrected chi connectivity index (χ2v) is 11.5. The third-order valence-corrected chi connectivity index (χ3v) is 8.88. The number of aromatic nitrogens is 2. The highest BCUT2D eigenvalue weighted by atomic mass is 16.5. The number of pyridine rings is 2. The Morgan fingerprint density at radius 1 is 1.16 bits per heavy atom. The number of nitriles is 1. The predicted octanol–water partition coefficient (Wildman–Crippen LogP) is 4.76. The zero-order valence-electron chi connectivity index (χ0n) is 21.8. The van der Waals surface area contributed by atoms with E-state index < -0.39 is 0 Å². The summed E-state index contributed by atoms with van der Waals surface area (Å²) in [4.78, 5) is 27.4. The van der Waals surface area contributed by atoms with Gasteiger partial charge in [0.1, 0.15) is 11.9 Å². The van der Waals surface area contributed by atoms with Gasteiger partial charge in [0.05, 0.1) is 17.3 Å². The number of fused-ring (bicyclic) bond motifs is 1. The van der Waals surface area contributed by atoms with Gasteiger partial charge in [-0.3, -0.25) is 9.78 Å². The van der Waals surface area contributed by atoms with Gasteiger partial charge < -0.3 is 14.5 Å². The van der Waals surface area contributed by atoms with E-state index in [0.717, 1.165) is 59.2 Å². The molecule has 3 aromatic rings. The molecule has 0 spiro atoms. The highest BCUT2D eigenvalue weighted by Crippen LogP contribution is 2.47. The van der Waals surface area contributed by atoms with Crippen molar-refractivity contribution in [2.75, 3.05) is 38.3 Å². The first-order valence-corrected chi connectivity index (χ1v) is 14.0. The number of hydrogen-bond acceptors (Lipinski definition) is 6. The van der Waals surface area contributed by atoms with Crippen LogP contribution in [0.2, 0.25) is 0 Å². The number of ether oxygens (including phenoxy) is 1. The normalized spacial score (nSPS) is 24.9. The van der Waals surface area contributed by atoms with Gasteiger partial charge >= 0.3 is 0 Å². The van der Waals surface area contributed by atoms with Gasteiger partial charge in [0.2, 0.25) is 5.91 Å². The van der Waals surface area contributed by atoms with Crippen molar-refractivity contribution >= 4 is 22.5 Å². The van der Waals surface area contributed by atoms with E-state index in [2.05, 4.69) is 51.2 Å². The fourth-order valence-electron chi connectivity index (χ4n) is 6.40. The molecule has 38 heavy (non-hydrogen) atoms. The van der Waals surface area contributed by atoms with Crippen LogP contribution in [-0.2, 0) is 9.53 Å². The molecule has 3 aliphatic carbocycles. The molecule has 3 saturated carbocycles. The van der Waals surface area contributed by atoms with E-state index in [1.54, 1.807) is 7.11 Å². The van der Waals surface area contributed by atoms with Crippen molar-refractivity contribution in [3.8, 4) is 17.2 Å². The maximum atomic E-state index is 13.4. The van der Waals surface area contributed by atoms with Crippen molar-refractivity contribution in [1.29, 1.82) is 5.26 Å². The molecule has 0 N–H and O–H groups in total. The Labute approximate surface area is 223 Å². The fourth-order valence-corrected chi connectivity index (χ4v) is 6.40. The van der Waals surface area contributed by atoms with E-state index in [4.69, 9.17) is 9.72 Å². The molecule has 1 unspecified atom stereocenters. The van der Waals surface area contributed by atoms with Gasteiger partial charge in [-0.25, -0.2) is 4.98 Å². The van der Waals surface area contributed by atoms with Crippen LogP contribution in [0.25, 0.3) is 21.9 Å². The van der Waals surface area contributed by atoms with Crippen LogP contribution in [0.15, 0.2) is 42.7 Å². The molecule has 1 amide bonds. The second kappa shape index (κ2) is 9.36. The molecule has 1 aromatic carbocycles. The molecule has 3 atom stereocenters. The van der Waals surface area contributed by atoms with Crippen molar-refractivity contribution in [1.82, 2.24) is 14.9 Å². The Morgan fingerprint density at radius 2 is 2.03 bits per heavy atom. The molecule has 3 heterocycles. The quantitative estimate of drug-likeness (QED) is 0.459. The first-order valence-electron chi connectivity index (χ1n) is 14.0. The topological polar surface area (TPSA) is 82.3 Å². The molecule has 2 aromatic heterocycles. The number of methoxy groups -OCH3 is 1. The number of piperazine rings is 1. The number of anilines is 1. The number of benzene rings is 1. The minimum atomic E-state index is 0.118. The highest BCUT2D eigenvalue weighted by molar-refractivity contribution is 5.97. The largest absolute Gasteiger partial charge is 0.384 e. The van der Waals surface area contributed by atoms with E-state index in [1.165, 1.54) is 12.8 Å². The van der Waals surface area contributed by atoms with Gasteiger partial charge in [-0.15, -0.1) is 0 Å². The number of carbonyl (C=O) groups excluding carboxylic acids is 1. The standard InChI is InChI=1S/C31H33N5O2/c1-38-18-23-14-26(23)31(37)36-12-11-35(17-28(36)19-5-6-19)30-22(15-32)13-27(29(34-30)20-7-8-20)25-4-2-3-21-16-33-10-9-24(21)25/h2-4,9-10,13,16,19-20,23,26,28H,5-8,11-12,14,17-18H2,1H3/t23-,26?,28-/m0/s1. The van der Waals surface area contributed by atoms with E-state index in [-0.39, 0.29) is 12.0 Å². The lowest BCUT2D eigenvalue weighted by Crippen LogP contribution is -2.57. The Morgan fingerprint density at radius 3 is 2.79 bits per heavy atom. The predicted molar refractivity (Wildman–Crippen MR) is 146 cm³/mol. The Balaban J connectivity index is 1.22. The summed E-state index contributed by atoms with van der Waals surface area (Å²) < 4.78 is 5.30. The Hall–Kier alpha value is -3.50. The summed E-state index contributed by atoms with van der Waals surface area (Å²) in [6, 6.07) is 13.0. The van der Waals surface area contributed by atoms with Crippen LogP contribution in [0.1, 0.15) is 49.3 Å². The molecular formula is C31H33N5O2. The molecule has 7 heteroatoms. The summed E-state index contributed by atoms with van der Waals surface area (Å²) in [5.74, 6) is 2.57. The third-order valence-electron chi connectivity index (χ3n) is 8.88. The first-order chi connectivity index (χ1) is 18.7. The van der Waals surface area contributed by atoms with Crippen LogP contribution < -0.4 is 4.90 Å². The van der Waals surface area contributed by atoms with Gasteiger partial charge in [0, 0.05) is 68.5 Å². The molecule has 194 valence electrons. The van der Waals surface area contributed by atoms with Crippen LogP contribution in [-0.4, -0.2) is 60.2 Å². The molecule has 0 bridgehead atoms. The number of rotatable bonds is 7. The van der Waals surface area contributed by atoms with E-state index >= 15 is 0 Å². The summed E-state index contributed by atoms with van der Waals surface area (Å²) in [5, 5.41) is 12.5.